The minimum absolute atomic E-state index is 0.275. The van der Waals surface area contributed by atoms with Crippen LogP contribution in [0, 0.1) is 6.92 Å². The first kappa shape index (κ1) is 25.9. The minimum Gasteiger partial charge on any atom is -0.481 e. The quantitative estimate of drug-likeness (QED) is 0.391. The van der Waals surface area contributed by atoms with Gasteiger partial charge < -0.3 is 25.8 Å². The predicted molar refractivity (Wildman–Crippen MR) is 115 cm³/mol. The number of nitrogens with zero attached hydrogens (tertiary/aromatic N) is 2. The molecule has 4 N–H and O–H groups in total. The second kappa shape index (κ2) is 13.1. The van der Waals surface area contributed by atoms with Crippen molar-refractivity contribution in [3.05, 3.63) is 35.7 Å². The van der Waals surface area contributed by atoms with Gasteiger partial charge in [-0.05, 0) is 50.5 Å². The first-order valence-electron chi connectivity index (χ1n) is 8.62. The van der Waals surface area contributed by atoms with Gasteiger partial charge in [0.05, 0.1) is 17.0 Å². The number of carboxylic acids is 1. The molecule has 9 nitrogen and oxygen atoms in total. The summed E-state index contributed by atoms with van der Waals surface area (Å²) in [5.41, 5.74) is 7.96. The molecule has 0 unspecified atom stereocenters. The van der Waals surface area contributed by atoms with E-state index in [1.54, 1.807) is 27.9 Å². The Hall–Kier alpha value is -3.14. The fraction of sp³-hybridized carbons (Fsp3) is 0.368. The highest BCUT2D eigenvalue weighted by molar-refractivity contribution is 7.13. The van der Waals surface area contributed by atoms with E-state index >= 15 is 0 Å². The SMILES string of the molecule is CC(=O)O.CCOC(=O)/C=C(/C)NC(=O)N(C)C.Cc1nsc2ccc(N)cc12. The van der Waals surface area contributed by atoms with Gasteiger partial charge in [0.25, 0.3) is 5.97 Å². The molecule has 0 fully saturated rings. The number of carbonyl (C=O) groups is 3. The van der Waals surface area contributed by atoms with Gasteiger partial charge in [-0.15, -0.1) is 0 Å². The number of aromatic nitrogens is 1. The fourth-order valence-corrected chi connectivity index (χ4v) is 2.52. The molecule has 0 saturated heterocycles. The summed E-state index contributed by atoms with van der Waals surface area (Å²) >= 11 is 1.52. The Morgan fingerprint density at radius 3 is 2.41 bits per heavy atom. The number of fused-ring (bicyclic) bond motifs is 1. The predicted octanol–water partition coefficient (Wildman–Crippen LogP) is 3.00. The van der Waals surface area contributed by atoms with Crippen LogP contribution in [0.1, 0.15) is 26.5 Å². The normalized spacial score (nSPS) is 10.1. The topological polar surface area (TPSA) is 135 Å². The van der Waals surface area contributed by atoms with Crippen LogP contribution < -0.4 is 11.1 Å². The lowest BCUT2D eigenvalue weighted by Crippen LogP contribution is -2.33. The summed E-state index contributed by atoms with van der Waals surface area (Å²) in [5, 5.41) is 11.1. The Morgan fingerprint density at radius 2 is 1.90 bits per heavy atom. The maximum atomic E-state index is 11.1. The molecule has 0 atom stereocenters. The molecule has 1 heterocycles. The largest absolute Gasteiger partial charge is 0.481 e. The van der Waals surface area contributed by atoms with Crippen LogP contribution in [0.25, 0.3) is 10.1 Å². The van der Waals surface area contributed by atoms with Gasteiger partial charge in [0.1, 0.15) is 0 Å². The van der Waals surface area contributed by atoms with Crippen LogP contribution in [0.5, 0.6) is 0 Å². The van der Waals surface area contributed by atoms with E-state index in [0.29, 0.717) is 12.3 Å². The number of carboxylic acid groups (broad SMARTS) is 1. The molecular formula is C19H28N4O5S. The molecule has 1 aromatic heterocycles. The zero-order valence-corrected chi connectivity index (χ0v) is 18.3. The molecular weight excluding hydrogens is 396 g/mol. The van der Waals surface area contributed by atoms with Gasteiger partial charge in [0.15, 0.2) is 0 Å². The van der Waals surface area contributed by atoms with Gasteiger partial charge >= 0.3 is 12.0 Å². The van der Waals surface area contributed by atoms with E-state index in [1.165, 1.54) is 32.6 Å². The Labute approximate surface area is 174 Å². The van der Waals surface area contributed by atoms with E-state index in [-0.39, 0.29) is 6.03 Å². The third-order valence-electron chi connectivity index (χ3n) is 3.01. The molecule has 1 aromatic carbocycles. The highest BCUT2D eigenvalue weighted by Crippen LogP contribution is 2.23. The van der Waals surface area contributed by atoms with Gasteiger partial charge in [-0.25, -0.2) is 9.59 Å². The molecule has 2 aromatic rings. The van der Waals surface area contributed by atoms with E-state index in [1.807, 2.05) is 25.1 Å². The fourth-order valence-electron chi connectivity index (χ4n) is 1.75. The van der Waals surface area contributed by atoms with Crippen molar-refractivity contribution in [3.63, 3.8) is 0 Å². The maximum absolute atomic E-state index is 11.1. The number of hydrogen-bond acceptors (Lipinski definition) is 7. The van der Waals surface area contributed by atoms with Crippen LogP contribution in [0.2, 0.25) is 0 Å². The van der Waals surface area contributed by atoms with E-state index in [2.05, 4.69) is 14.4 Å². The second-order valence-corrected chi connectivity index (χ2v) is 6.75. The number of carbonyl (C=O) groups excluding carboxylic acids is 2. The van der Waals surface area contributed by atoms with Gasteiger partial charge in [-0.1, -0.05) is 0 Å². The number of ether oxygens (including phenoxy) is 1. The van der Waals surface area contributed by atoms with Crippen molar-refractivity contribution in [3.8, 4) is 0 Å². The molecule has 2 amide bonds. The molecule has 0 aliphatic heterocycles. The van der Waals surface area contributed by atoms with Crippen LogP contribution in [-0.4, -0.2) is 53.1 Å². The van der Waals surface area contributed by atoms with E-state index < -0.39 is 11.9 Å². The van der Waals surface area contributed by atoms with Crippen molar-refractivity contribution in [1.82, 2.24) is 14.6 Å². The number of nitrogens with one attached hydrogen (secondary N) is 1. The highest BCUT2D eigenvalue weighted by Gasteiger charge is 2.04. The monoisotopic (exact) mass is 424 g/mol. The Kier molecular flexibility index (Phi) is 11.7. The van der Waals surface area contributed by atoms with Gasteiger partial charge in [-0.3, -0.25) is 4.79 Å². The molecule has 0 aliphatic carbocycles. The van der Waals surface area contributed by atoms with Crippen LogP contribution >= 0.6 is 11.5 Å². The van der Waals surface area contributed by atoms with Gasteiger partial charge in [0, 0.05) is 43.9 Å². The number of benzene rings is 1. The highest BCUT2D eigenvalue weighted by atomic mass is 32.1. The summed E-state index contributed by atoms with van der Waals surface area (Å²) in [6.07, 6.45) is 1.24. The number of aliphatic carboxylic acids is 1. The lowest BCUT2D eigenvalue weighted by atomic mass is 10.2. The number of anilines is 1. The number of amides is 2. The third-order valence-corrected chi connectivity index (χ3v) is 3.92. The standard InChI is InChI=1S/C9H16N2O3.C8H8N2S.C2H4O2/c1-5-14-8(12)6-7(2)10-9(13)11(3)4;1-5-7-4-6(9)2-3-8(7)11-10-5;1-2(3)4/h6H,5H2,1-4H3,(H,10,13);2-4H,9H2,1H3;1H3,(H,3,4)/b7-6-;;. The summed E-state index contributed by atoms with van der Waals surface area (Å²) in [6.45, 7) is 6.75. The Morgan fingerprint density at radius 1 is 1.31 bits per heavy atom. The number of rotatable bonds is 3. The van der Waals surface area contributed by atoms with Crippen molar-refractivity contribution in [2.75, 3.05) is 26.4 Å². The summed E-state index contributed by atoms with van der Waals surface area (Å²) in [5.74, 6) is -1.29. The zero-order chi connectivity index (χ0) is 22.6. The van der Waals surface area contributed by atoms with Crippen LogP contribution in [0.15, 0.2) is 30.0 Å². The lowest BCUT2D eigenvalue weighted by Gasteiger charge is -2.11. The van der Waals surface area contributed by atoms with Crippen LogP contribution in [0.4, 0.5) is 10.5 Å². The zero-order valence-electron chi connectivity index (χ0n) is 17.5. The second-order valence-electron chi connectivity index (χ2n) is 5.95. The summed E-state index contributed by atoms with van der Waals surface area (Å²) in [7, 11) is 3.24. The van der Waals surface area contributed by atoms with Gasteiger partial charge in [0.2, 0.25) is 0 Å². The van der Waals surface area contributed by atoms with E-state index in [0.717, 1.165) is 18.3 Å². The third kappa shape index (κ3) is 11.3. The number of nitrogens with two attached hydrogens (primary N) is 1. The molecule has 0 bridgehead atoms. The lowest BCUT2D eigenvalue weighted by molar-refractivity contribution is -0.137. The molecule has 2 rings (SSSR count). The van der Waals surface area contributed by atoms with Gasteiger partial charge in [-0.2, -0.15) is 4.37 Å². The summed E-state index contributed by atoms with van der Waals surface area (Å²) < 4.78 is 10.1. The summed E-state index contributed by atoms with van der Waals surface area (Å²) in [4.78, 5) is 32.4. The number of allylic oxidation sites excluding steroid dienone is 1. The molecule has 160 valence electrons. The molecule has 0 aliphatic rings. The number of nitrogen functional groups attached to an aromatic ring is 1. The Bertz CT molecular complexity index is 857. The average molecular weight is 425 g/mol. The number of hydrogen-bond donors (Lipinski definition) is 3. The number of aryl methyl sites for hydroxylation is 1. The average Bonchev–Trinajstić information content (AvgIpc) is 2.95. The maximum Gasteiger partial charge on any atom is 0.332 e. The molecule has 10 heteroatoms. The Balaban J connectivity index is 0.000000463. The van der Waals surface area contributed by atoms with Crippen molar-refractivity contribution < 1.29 is 24.2 Å². The minimum atomic E-state index is -0.833. The summed E-state index contributed by atoms with van der Waals surface area (Å²) in [6, 6.07) is 5.60. The van der Waals surface area contributed by atoms with E-state index in [4.69, 9.17) is 15.6 Å². The van der Waals surface area contributed by atoms with Crippen LogP contribution in [0.3, 0.4) is 0 Å². The molecule has 0 saturated carbocycles. The van der Waals surface area contributed by atoms with Crippen LogP contribution in [-0.2, 0) is 14.3 Å². The first-order chi connectivity index (χ1) is 13.5. The molecule has 0 spiro atoms. The van der Waals surface area contributed by atoms with E-state index in [9.17, 15) is 9.59 Å². The smallest absolute Gasteiger partial charge is 0.332 e. The molecule has 0 radical (unpaired) electrons. The number of urea groups is 1. The molecule has 29 heavy (non-hydrogen) atoms. The van der Waals surface area contributed by atoms with Crippen molar-refractivity contribution in [1.29, 1.82) is 0 Å². The van der Waals surface area contributed by atoms with Crippen molar-refractivity contribution in [2.24, 2.45) is 0 Å². The first-order valence-corrected chi connectivity index (χ1v) is 9.39. The van der Waals surface area contributed by atoms with Crippen molar-refractivity contribution in [2.45, 2.75) is 27.7 Å². The number of esters is 1. The van der Waals surface area contributed by atoms with Crippen molar-refractivity contribution >= 4 is 45.3 Å².